The summed E-state index contributed by atoms with van der Waals surface area (Å²) in [5.74, 6) is -0.210. The van der Waals surface area contributed by atoms with E-state index in [1.165, 1.54) is 199 Å². The van der Waals surface area contributed by atoms with Crippen molar-refractivity contribution in [3.63, 3.8) is 0 Å². The highest BCUT2D eigenvalue weighted by Crippen LogP contribution is 2.38. The predicted octanol–water partition coefficient (Wildman–Crippen LogP) is 16.5. The number of phosphoric acid groups is 1. The van der Waals surface area contributed by atoms with E-state index in [1.54, 1.807) is 6.08 Å². The Morgan fingerprint density at radius 3 is 1.21 bits per heavy atom. The molecule has 0 fully saturated rings. The average Bonchev–Trinajstić information content (AvgIpc) is 3.29. The van der Waals surface area contributed by atoms with Gasteiger partial charge < -0.3 is 28.8 Å². The van der Waals surface area contributed by atoms with Gasteiger partial charge in [0.15, 0.2) is 0 Å². The number of allylic oxidation sites excluding steroid dienone is 7. The molecule has 2 N–H and O–H groups in total. The van der Waals surface area contributed by atoms with E-state index in [0.29, 0.717) is 17.4 Å². The van der Waals surface area contributed by atoms with Crippen LogP contribution in [0.2, 0.25) is 0 Å². The lowest BCUT2D eigenvalue weighted by atomic mass is 10.0. The fourth-order valence-electron chi connectivity index (χ4n) is 8.24. The van der Waals surface area contributed by atoms with Crippen molar-refractivity contribution in [3.05, 3.63) is 48.6 Å². The zero-order valence-corrected chi connectivity index (χ0v) is 45.7. The maximum atomic E-state index is 12.9. The third-order valence-electron chi connectivity index (χ3n) is 12.7. The van der Waals surface area contributed by atoms with Gasteiger partial charge in [-0.25, -0.2) is 0 Å². The highest BCUT2D eigenvalue weighted by Gasteiger charge is 2.23. The van der Waals surface area contributed by atoms with Crippen LogP contribution < -0.4 is 10.2 Å². The predicted molar refractivity (Wildman–Crippen MR) is 288 cm³/mol. The molecule has 0 aromatic rings. The fraction of sp³-hybridized carbons (Fsp3) is 0.845. The first-order valence-corrected chi connectivity index (χ1v) is 30.0. The Labute approximate surface area is 416 Å². The van der Waals surface area contributed by atoms with Gasteiger partial charge in [0.1, 0.15) is 13.2 Å². The summed E-state index contributed by atoms with van der Waals surface area (Å²) in [5, 5.41) is 13.8. The zero-order chi connectivity index (χ0) is 49.2. The number of carbonyl (C=O) groups excluding carboxylic acids is 1. The highest BCUT2D eigenvalue weighted by atomic mass is 31.2. The van der Waals surface area contributed by atoms with Crippen molar-refractivity contribution in [1.82, 2.24) is 5.32 Å². The van der Waals surface area contributed by atoms with Crippen molar-refractivity contribution in [3.8, 4) is 0 Å². The van der Waals surface area contributed by atoms with Crippen LogP contribution in [0.25, 0.3) is 0 Å². The van der Waals surface area contributed by atoms with Gasteiger partial charge in [-0.15, -0.1) is 0 Å². The second-order valence-corrected chi connectivity index (χ2v) is 22.0. The number of nitrogens with one attached hydrogen (secondary N) is 1. The molecule has 0 saturated heterocycles. The summed E-state index contributed by atoms with van der Waals surface area (Å²) in [6, 6.07) is -0.910. The molecule has 0 heterocycles. The number of aliphatic hydroxyl groups is 1. The molecule has 8 nitrogen and oxygen atoms in total. The van der Waals surface area contributed by atoms with Crippen molar-refractivity contribution >= 4 is 13.7 Å². The van der Waals surface area contributed by atoms with Crippen LogP contribution in [0.4, 0.5) is 0 Å². The second kappa shape index (κ2) is 49.4. The van der Waals surface area contributed by atoms with Crippen LogP contribution in [0.5, 0.6) is 0 Å². The minimum Gasteiger partial charge on any atom is -0.756 e. The Kier molecular flexibility index (Phi) is 48.3. The maximum Gasteiger partial charge on any atom is 0.268 e. The number of amides is 1. The Balaban J connectivity index is 4.16. The summed E-state index contributed by atoms with van der Waals surface area (Å²) in [5.41, 5.74) is 0. The number of nitrogens with zero attached hydrogens (tertiary/aromatic N) is 1. The second-order valence-electron chi connectivity index (χ2n) is 20.6. The van der Waals surface area contributed by atoms with Gasteiger partial charge in [0, 0.05) is 6.42 Å². The van der Waals surface area contributed by atoms with Gasteiger partial charge in [0.2, 0.25) is 5.91 Å². The van der Waals surface area contributed by atoms with E-state index in [9.17, 15) is 19.4 Å². The van der Waals surface area contributed by atoms with Crippen molar-refractivity contribution in [2.45, 2.75) is 276 Å². The third kappa shape index (κ3) is 52.1. The first-order valence-electron chi connectivity index (χ1n) is 28.5. The van der Waals surface area contributed by atoms with Crippen LogP contribution in [0, 0.1) is 0 Å². The zero-order valence-electron chi connectivity index (χ0n) is 44.9. The van der Waals surface area contributed by atoms with Crippen LogP contribution in [0.15, 0.2) is 48.6 Å². The maximum absolute atomic E-state index is 12.9. The molecule has 394 valence electrons. The number of hydrogen-bond donors (Lipinski definition) is 2. The van der Waals surface area contributed by atoms with E-state index >= 15 is 0 Å². The minimum atomic E-state index is -4.61. The molecule has 0 aliphatic carbocycles. The summed E-state index contributed by atoms with van der Waals surface area (Å²) in [6.45, 7) is 4.63. The third-order valence-corrected chi connectivity index (χ3v) is 13.7. The number of likely N-dealkylation sites (N-methyl/N-ethyl adjacent to an activating group) is 1. The van der Waals surface area contributed by atoms with E-state index < -0.39 is 26.6 Å². The first kappa shape index (κ1) is 65.5. The van der Waals surface area contributed by atoms with Crippen molar-refractivity contribution in [1.29, 1.82) is 0 Å². The van der Waals surface area contributed by atoms with Crippen molar-refractivity contribution in [2.24, 2.45) is 0 Å². The van der Waals surface area contributed by atoms with Crippen molar-refractivity contribution in [2.75, 3.05) is 40.9 Å². The Morgan fingerprint density at radius 1 is 0.507 bits per heavy atom. The number of rotatable bonds is 52. The lowest BCUT2D eigenvalue weighted by molar-refractivity contribution is -0.870. The molecule has 0 radical (unpaired) electrons. The highest BCUT2D eigenvalue weighted by molar-refractivity contribution is 7.45. The summed E-state index contributed by atoms with van der Waals surface area (Å²) >= 11 is 0. The van der Waals surface area contributed by atoms with Crippen LogP contribution in [0.3, 0.4) is 0 Å². The Hall–Kier alpha value is -1.54. The smallest absolute Gasteiger partial charge is 0.268 e. The number of phosphoric ester groups is 1. The van der Waals surface area contributed by atoms with Crippen LogP contribution >= 0.6 is 7.82 Å². The molecule has 0 aliphatic rings. The summed E-state index contributed by atoms with van der Waals surface area (Å²) in [7, 11) is 1.24. The van der Waals surface area contributed by atoms with E-state index in [2.05, 4.69) is 55.6 Å². The van der Waals surface area contributed by atoms with Gasteiger partial charge in [-0.1, -0.05) is 236 Å². The van der Waals surface area contributed by atoms with E-state index in [-0.39, 0.29) is 12.5 Å². The first-order chi connectivity index (χ1) is 32.5. The molecule has 0 rings (SSSR count). The molecule has 3 unspecified atom stereocenters. The van der Waals surface area contributed by atoms with E-state index in [4.69, 9.17) is 9.05 Å². The van der Waals surface area contributed by atoms with Crippen LogP contribution in [-0.4, -0.2) is 68.5 Å². The number of carbonyl (C=O) groups is 1. The Morgan fingerprint density at radius 2 is 0.836 bits per heavy atom. The van der Waals surface area contributed by atoms with Gasteiger partial charge in [-0.05, 0) is 70.6 Å². The van der Waals surface area contributed by atoms with Crippen LogP contribution in [-0.2, 0) is 18.4 Å². The summed E-state index contributed by atoms with van der Waals surface area (Å²) in [6.07, 6.45) is 64.8. The van der Waals surface area contributed by atoms with Gasteiger partial charge in [-0.2, -0.15) is 0 Å². The number of unbranched alkanes of at least 4 members (excludes halogenated alkanes) is 33. The van der Waals surface area contributed by atoms with Gasteiger partial charge in [-0.3, -0.25) is 9.36 Å². The Bertz CT molecular complexity index is 1230. The molecule has 0 bridgehead atoms. The van der Waals surface area contributed by atoms with E-state index in [1.807, 2.05) is 27.2 Å². The van der Waals surface area contributed by atoms with E-state index in [0.717, 1.165) is 44.9 Å². The molecular weight excluding hydrogens is 852 g/mol. The SMILES string of the molecule is CCCCCCCC/C=C/CC/C=C/CC/C=C/C(O)C(COP(=O)([O-])OCC[N+](C)(C)C)NC(=O)CCCCCCCCCCCCCCC/C=C\CCCCCCCCCCCCCC. The molecule has 0 aliphatic heterocycles. The fourth-order valence-corrected chi connectivity index (χ4v) is 8.96. The lowest BCUT2D eigenvalue weighted by Crippen LogP contribution is -2.45. The average molecular weight is 964 g/mol. The van der Waals surface area contributed by atoms with Gasteiger partial charge in [0.05, 0.1) is 39.9 Å². The minimum absolute atomic E-state index is 0.00918. The molecular formula is C58H111N2O6P. The number of hydrogen-bond acceptors (Lipinski definition) is 6. The molecule has 1 amide bonds. The van der Waals surface area contributed by atoms with Crippen molar-refractivity contribution < 1.29 is 32.9 Å². The standard InChI is InChI=1S/C58H111N2O6P/c1-6-8-10-12-14-16-18-20-22-24-25-26-27-28-29-30-31-32-33-34-35-36-38-40-42-44-46-48-50-52-58(62)59-56(55-66-67(63,64)65-54-53-60(3,4)5)57(61)51-49-47-45-43-41-39-37-23-21-19-17-15-13-11-9-7-2/h21,23,28-29,41,43,49,51,56-57,61H,6-20,22,24-27,30-40,42,44-48,50,52-55H2,1-5H3,(H-,59,62,63,64)/b23-21+,29-28-,43-41+,51-49+. The quantitative estimate of drug-likeness (QED) is 0.0272. The number of aliphatic hydroxyl groups excluding tert-OH is 1. The summed E-state index contributed by atoms with van der Waals surface area (Å²) in [4.78, 5) is 25.4. The molecule has 9 heteroatoms. The molecule has 0 saturated carbocycles. The number of quaternary nitrogens is 1. The largest absolute Gasteiger partial charge is 0.756 e. The molecule has 0 aromatic carbocycles. The monoisotopic (exact) mass is 963 g/mol. The molecule has 0 aromatic heterocycles. The van der Waals surface area contributed by atoms with Gasteiger partial charge in [0.25, 0.3) is 7.82 Å². The normalized spacial score (nSPS) is 14.3. The van der Waals surface area contributed by atoms with Crippen LogP contribution in [0.1, 0.15) is 264 Å². The molecule has 0 spiro atoms. The molecule has 67 heavy (non-hydrogen) atoms. The van der Waals surface area contributed by atoms with Gasteiger partial charge >= 0.3 is 0 Å². The lowest BCUT2D eigenvalue weighted by Gasteiger charge is -2.29. The topological polar surface area (TPSA) is 108 Å². The summed E-state index contributed by atoms with van der Waals surface area (Å²) < 4.78 is 23.3. The molecule has 3 atom stereocenters.